The van der Waals surface area contributed by atoms with Gasteiger partial charge >= 0.3 is 5.97 Å². The molecule has 64 valence electrons. The van der Waals surface area contributed by atoms with Crippen LogP contribution in [0.2, 0.25) is 0 Å². The van der Waals surface area contributed by atoms with Gasteiger partial charge in [-0.25, -0.2) is 4.79 Å². The minimum absolute atomic E-state index is 0.345. The molecule has 0 aliphatic carbocycles. The van der Waals surface area contributed by atoms with Crippen LogP contribution in [-0.4, -0.2) is 23.3 Å². The first-order valence-electron chi connectivity index (χ1n) is 3.49. The molecular weight excluding hydrogens is 144 g/mol. The molecule has 3 nitrogen and oxygen atoms in total. The van der Waals surface area contributed by atoms with Crippen LogP contribution in [0.15, 0.2) is 12.2 Å². The molecule has 0 amide bonds. The predicted molar refractivity (Wildman–Crippen MR) is 42.0 cm³/mol. The van der Waals surface area contributed by atoms with E-state index in [-0.39, 0.29) is 0 Å². The van der Waals surface area contributed by atoms with Gasteiger partial charge in [0.15, 0.2) is 0 Å². The molecular formula is C8H14O3. The normalized spacial score (nSPS) is 15.3. The predicted octanol–water partition coefficient (Wildman–Crippen LogP) is 0.875. The average molecular weight is 158 g/mol. The Kier molecular flexibility index (Phi) is 3.82. The van der Waals surface area contributed by atoms with Crippen molar-refractivity contribution in [1.29, 1.82) is 0 Å². The number of rotatable bonds is 3. The fourth-order valence-electron chi connectivity index (χ4n) is 0.368. The van der Waals surface area contributed by atoms with Gasteiger partial charge < -0.3 is 9.84 Å². The van der Waals surface area contributed by atoms with Gasteiger partial charge in [0.1, 0.15) is 6.10 Å². The van der Waals surface area contributed by atoms with E-state index in [1.807, 2.05) is 0 Å². The molecule has 0 rings (SSSR count). The van der Waals surface area contributed by atoms with E-state index >= 15 is 0 Å². The van der Waals surface area contributed by atoms with Crippen molar-refractivity contribution in [3.8, 4) is 0 Å². The van der Waals surface area contributed by atoms with Gasteiger partial charge in [-0.05, 0) is 20.8 Å². The number of carbonyl (C=O) groups is 1. The van der Waals surface area contributed by atoms with Crippen LogP contribution in [-0.2, 0) is 9.53 Å². The first-order valence-corrected chi connectivity index (χ1v) is 3.49. The zero-order valence-corrected chi connectivity index (χ0v) is 7.13. The van der Waals surface area contributed by atoms with Gasteiger partial charge in [0.25, 0.3) is 0 Å². The Labute approximate surface area is 66.7 Å². The van der Waals surface area contributed by atoms with Crippen LogP contribution in [0.4, 0.5) is 0 Å². The fraction of sp³-hybridized carbons (Fsp3) is 0.625. The van der Waals surface area contributed by atoms with Crippen molar-refractivity contribution in [3.05, 3.63) is 12.2 Å². The zero-order valence-electron chi connectivity index (χ0n) is 7.13. The van der Waals surface area contributed by atoms with Crippen molar-refractivity contribution >= 4 is 5.97 Å². The number of hydrogen-bond donors (Lipinski definition) is 1. The Hall–Kier alpha value is -0.830. The quantitative estimate of drug-likeness (QED) is 0.489. The molecule has 0 spiro atoms. The van der Waals surface area contributed by atoms with E-state index in [0.717, 1.165) is 0 Å². The SMILES string of the molecule is C=C(C)C(=O)O[C@@H](C)[C@H](C)O. The number of aliphatic hydroxyl groups is 1. The fourth-order valence-corrected chi connectivity index (χ4v) is 0.368. The Morgan fingerprint density at radius 2 is 2.00 bits per heavy atom. The molecule has 0 aliphatic heterocycles. The lowest BCUT2D eigenvalue weighted by Gasteiger charge is -2.15. The largest absolute Gasteiger partial charge is 0.457 e. The number of carbonyl (C=O) groups excluding carboxylic acids is 1. The Morgan fingerprint density at radius 1 is 1.55 bits per heavy atom. The van der Waals surface area contributed by atoms with E-state index in [2.05, 4.69) is 6.58 Å². The second kappa shape index (κ2) is 4.13. The van der Waals surface area contributed by atoms with Crippen LogP contribution in [0.1, 0.15) is 20.8 Å². The Balaban J connectivity index is 3.85. The summed E-state index contributed by atoms with van der Waals surface area (Å²) < 4.78 is 4.78. The Bertz CT molecular complexity index is 161. The summed E-state index contributed by atoms with van der Waals surface area (Å²) in [6.07, 6.45) is -1.11. The smallest absolute Gasteiger partial charge is 0.333 e. The van der Waals surface area contributed by atoms with Crippen molar-refractivity contribution in [2.75, 3.05) is 0 Å². The summed E-state index contributed by atoms with van der Waals surface area (Å²) in [4.78, 5) is 10.8. The summed E-state index contributed by atoms with van der Waals surface area (Å²) in [5.74, 6) is -0.460. The summed E-state index contributed by atoms with van der Waals surface area (Å²) in [7, 11) is 0. The summed E-state index contributed by atoms with van der Waals surface area (Å²) in [6.45, 7) is 8.17. The van der Waals surface area contributed by atoms with Crippen molar-refractivity contribution in [2.45, 2.75) is 33.0 Å². The minimum Gasteiger partial charge on any atom is -0.457 e. The third-order valence-electron chi connectivity index (χ3n) is 1.32. The molecule has 0 fully saturated rings. The third-order valence-corrected chi connectivity index (χ3v) is 1.32. The Morgan fingerprint density at radius 3 is 2.27 bits per heavy atom. The molecule has 3 heteroatoms. The second-order valence-electron chi connectivity index (χ2n) is 2.63. The van der Waals surface area contributed by atoms with Gasteiger partial charge in [-0.15, -0.1) is 0 Å². The highest BCUT2D eigenvalue weighted by Crippen LogP contribution is 2.01. The van der Waals surface area contributed by atoms with Crippen LogP contribution < -0.4 is 0 Å². The molecule has 0 saturated carbocycles. The molecule has 0 aromatic carbocycles. The van der Waals surface area contributed by atoms with E-state index in [1.165, 1.54) is 0 Å². The third kappa shape index (κ3) is 3.78. The van der Waals surface area contributed by atoms with Crippen LogP contribution in [0, 0.1) is 0 Å². The van der Waals surface area contributed by atoms with Gasteiger partial charge in [0.05, 0.1) is 6.10 Å². The molecule has 2 atom stereocenters. The van der Waals surface area contributed by atoms with Crippen molar-refractivity contribution in [1.82, 2.24) is 0 Å². The van der Waals surface area contributed by atoms with Gasteiger partial charge in [-0.1, -0.05) is 6.58 Å². The molecule has 0 aliphatic rings. The summed E-state index contributed by atoms with van der Waals surface area (Å²) >= 11 is 0. The second-order valence-corrected chi connectivity index (χ2v) is 2.63. The van der Waals surface area contributed by atoms with Crippen molar-refractivity contribution in [3.63, 3.8) is 0 Å². The maximum Gasteiger partial charge on any atom is 0.333 e. The van der Waals surface area contributed by atoms with Crippen LogP contribution in [0.25, 0.3) is 0 Å². The molecule has 0 heterocycles. The first kappa shape index (κ1) is 10.2. The van der Waals surface area contributed by atoms with Gasteiger partial charge in [0.2, 0.25) is 0 Å². The molecule has 1 N–H and O–H groups in total. The molecule has 0 saturated heterocycles. The molecule has 11 heavy (non-hydrogen) atoms. The number of esters is 1. The highest BCUT2D eigenvalue weighted by atomic mass is 16.6. The number of aliphatic hydroxyl groups excluding tert-OH is 1. The molecule has 0 aromatic rings. The van der Waals surface area contributed by atoms with Crippen molar-refractivity contribution < 1.29 is 14.6 Å². The summed E-state index contributed by atoms with van der Waals surface area (Å²) in [5.41, 5.74) is 0.345. The van der Waals surface area contributed by atoms with Crippen molar-refractivity contribution in [2.24, 2.45) is 0 Å². The molecule has 0 bridgehead atoms. The lowest BCUT2D eigenvalue weighted by atomic mass is 10.2. The maximum absolute atomic E-state index is 10.8. The highest BCUT2D eigenvalue weighted by Gasteiger charge is 2.13. The topological polar surface area (TPSA) is 46.5 Å². The summed E-state index contributed by atoms with van der Waals surface area (Å²) in [6, 6.07) is 0. The lowest BCUT2D eigenvalue weighted by Crippen LogP contribution is -2.25. The minimum atomic E-state index is -0.640. The van der Waals surface area contributed by atoms with Crippen LogP contribution >= 0.6 is 0 Å². The van der Waals surface area contributed by atoms with Gasteiger partial charge in [-0.3, -0.25) is 0 Å². The number of ether oxygens (including phenoxy) is 1. The van der Waals surface area contributed by atoms with E-state index in [4.69, 9.17) is 9.84 Å². The monoisotopic (exact) mass is 158 g/mol. The van der Waals surface area contributed by atoms with E-state index < -0.39 is 18.2 Å². The van der Waals surface area contributed by atoms with Gasteiger partial charge in [-0.2, -0.15) is 0 Å². The highest BCUT2D eigenvalue weighted by molar-refractivity contribution is 5.87. The van der Waals surface area contributed by atoms with Crippen LogP contribution in [0.3, 0.4) is 0 Å². The maximum atomic E-state index is 10.8. The van der Waals surface area contributed by atoms with Crippen LogP contribution in [0.5, 0.6) is 0 Å². The molecule has 0 aromatic heterocycles. The molecule has 0 radical (unpaired) electrons. The van der Waals surface area contributed by atoms with E-state index in [0.29, 0.717) is 5.57 Å². The first-order chi connectivity index (χ1) is 4.95. The van der Waals surface area contributed by atoms with E-state index in [1.54, 1.807) is 20.8 Å². The molecule has 0 unspecified atom stereocenters. The van der Waals surface area contributed by atoms with E-state index in [9.17, 15) is 4.79 Å². The lowest BCUT2D eigenvalue weighted by molar-refractivity contribution is -0.148. The summed E-state index contributed by atoms with van der Waals surface area (Å²) in [5, 5.41) is 8.94. The average Bonchev–Trinajstić information content (AvgIpc) is 1.87. The standard InChI is InChI=1S/C8H14O3/c1-5(2)8(10)11-7(4)6(3)9/h6-7,9H,1H2,2-4H3/t6-,7-/m0/s1. The van der Waals surface area contributed by atoms with Gasteiger partial charge in [0, 0.05) is 5.57 Å². The number of hydrogen-bond acceptors (Lipinski definition) is 3. The zero-order chi connectivity index (χ0) is 9.02.